The molecule has 0 bridgehead atoms. The molecule has 0 radical (unpaired) electrons. The molecule has 0 aromatic heterocycles. The highest BCUT2D eigenvalue weighted by Gasteiger charge is 2.10. The Bertz CT molecular complexity index is 741. The number of cyclic esters (lactones) is 1. The molecule has 0 atom stereocenters. The molecular weight excluding hydrogens is 486 g/mol. The van der Waals surface area contributed by atoms with Gasteiger partial charge in [-0.1, -0.05) is 71.2 Å². The van der Waals surface area contributed by atoms with Crippen LogP contribution in [-0.4, -0.2) is 30.9 Å². The van der Waals surface area contributed by atoms with Gasteiger partial charge in [-0.3, -0.25) is 4.79 Å². The highest BCUT2D eigenvalue weighted by Crippen LogP contribution is 2.27. The normalized spacial score (nSPS) is 18.9. The molecule has 8 heteroatoms. The van der Waals surface area contributed by atoms with Gasteiger partial charge in [0.25, 0.3) is 0 Å². The van der Waals surface area contributed by atoms with Crippen molar-refractivity contribution in [2.24, 2.45) is 5.16 Å². The molecule has 1 aliphatic heterocycles. The van der Waals surface area contributed by atoms with Crippen LogP contribution in [0.2, 0.25) is 5.02 Å². The number of ether oxygens (including phenoxy) is 2. The van der Waals surface area contributed by atoms with E-state index in [1.807, 2.05) is 0 Å². The van der Waals surface area contributed by atoms with Crippen molar-refractivity contribution in [3.05, 3.63) is 27.7 Å². The summed E-state index contributed by atoms with van der Waals surface area (Å²) in [5, 5.41) is 4.46. The zero-order chi connectivity index (χ0) is 22.3. The van der Waals surface area contributed by atoms with Gasteiger partial charge in [-0.05, 0) is 50.3 Å². The number of carbonyl (C=O) groups excluding carboxylic acids is 2. The monoisotopic (exact) mass is 515 g/mol. The third-order valence-electron chi connectivity index (χ3n) is 4.99. The number of oxime groups is 1. The molecule has 1 saturated heterocycles. The predicted octanol–water partition coefficient (Wildman–Crippen LogP) is 6.62. The van der Waals surface area contributed by atoms with Gasteiger partial charge < -0.3 is 14.3 Å². The molecule has 1 heterocycles. The van der Waals surface area contributed by atoms with E-state index < -0.39 is 5.97 Å². The molecule has 0 N–H and O–H groups in total. The highest BCUT2D eigenvalue weighted by atomic mass is 79.9. The van der Waals surface area contributed by atoms with Gasteiger partial charge in [0.1, 0.15) is 5.75 Å². The van der Waals surface area contributed by atoms with Crippen molar-refractivity contribution in [1.82, 2.24) is 0 Å². The number of rotatable bonds is 4. The number of hydrogen-bond donors (Lipinski definition) is 0. The van der Waals surface area contributed by atoms with Gasteiger partial charge in [-0.2, -0.15) is 0 Å². The van der Waals surface area contributed by atoms with Crippen LogP contribution >= 0.6 is 27.5 Å². The summed E-state index contributed by atoms with van der Waals surface area (Å²) in [6, 6.07) is 5.14. The molecule has 1 aliphatic rings. The van der Waals surface area contributed by atoms with Crippen molar-refractivity contribution < 1.29 is 23.9 Å². The topological polar surface area (TPSA) is 74.2 Å². The van der Waals surface area contributed by atoms with Crippen LogP contribution in [0.3, 0.4) is 0 Å². The van der Waals surface area contributed by atoms with Crippen molar-refractivity contribution in [2.75, 3.05) is 13.2 Å². The first-order valence-electron chi connectivity index (χ1n) is 11.0. The molecule has 172 valence electrons. The average molecular weight is 517 g/mol. The molecule has 0 saturated carbocycles. The highest BCUT2D eigenvalue weighted by molar-refractivity contribution is 9.10. The van der Waals surface area contributed by atoms with Crippen LogP contribution in [0.1, 0.15) is 77.0 Å². The lowest BCUT2D eigenvalue weighted by atomic mass is 10.0. The van der Waals surface area contributed by atoms with Crippen molar-refractivity contribution in [1.29, 1.82) is 0 Å². The molecule has 6 nitrogen and oxygen atoms in total. The standard InChI is InChI=1S/C23H31BrClNO5/c24-18-13-14-21(20(25)16-18)30-17-23(28)31-26-19-10-7-5-3-1-2-4-6-8-12-22(27)29-15-9-11-19/h13-14,16H,1-12,15,17H2/b26-19-. The smallest absolute Gasteiger partial charge is 0.372 e. The minimum Gasteiger partial charge on any atom is -0.480 e. The molecule has 0 spiro atoms. The van der Waals surface area contributed by atoms with Crippen molar-refractivity contribution >= 4 is 45.2 Å². The second-order valence-electron chi connectivity index (χ2n) is 7.64. The molecule has 0 amide bonds. The van der Waals surface area contributed by atoms with Crippen molar-refractivity contribution in [3.8, 4) is 5.75 Å². The summed E-state index contributed by atoms with van der Waals surface area (Å²) in [6.45, 7) is 0.0761. The van der Waals surface area contributed by atoms with Crippen molar-refractivity contribution in [3.63, 3.8) is 0 Å². The SMILES string of the molecule is O=C1CCCCCCCCCC/C(=N/OC(=O)COc2ccc(Br)cc2Cl)CCCO1. The molecule has 1 aromatic rings. The molecule has 0 aliphatic carbocycles. The zero-order valence-corrected chi connectivity index (χ0v) is 20.2. The second kappa shape index (κ2) is 15.2. The van der Waals surface area contributed by atoms with Gasteiger partial charge >= 0.3 is 11.9 Å². The van der Waals surface area contributed by atoms with Gasteiger partial charge in [-0.15, -0.1) is 0 Å². The third kappa shape index (κ3) is 11.5. The Hall–Kier alpha value is -1.60. The minimum absolute atomic E-state index is 0.138. The van der Waals surface area contributed by atoms with Gasteiger partial charge in [0.05, 0.1) is 17.3 Å². The Morgan fingerprint density at radius 1 is 1.00 bits per heavy atom. The van der Waals surface area contributed by atoms with Crippen LogP contribution in [-0.2, 0) is 19.2 Å². The van der Waals surface area contributed by atoms with Crippen LogP contribution in [0.4, 0.5) is 0 Å². The Labute approximate surface area is 197 Å². The van der Waals surface area contributed by atoms with Gasteiger partial charge in [0.2, 0.25) is 0 Å². The fraction of sp³-hybridized carbons (Fsp3) is 0.609. The molecule has 1 aromatic carbocycles. The zero-order valence-electron chi connectivity index (χ0n) is 17.9. The van der Waals surface area contributed by atoms with E-state index in [4.69, 9.17) is 25.9 Å². The first kappa shape index (κ1) is 25.7. The Kier molecular flexibility index (Phi) is 12.6. The molecule has 31 heavy (non-hydrogen) atoms. The fourth-order valence-electron chi connectivity index (χ4n) is 3.28. The predicted molar refractivity (Wildman–Crippen MR) is 125 cm³/mol. The van der Waals surface area contributed by atoms with Gasteiger partial charge in [-0.25, -0.2) is 4.79 Å². The van der Waals surface area contributed by atoms with E-state index in [9.17, 15) is 9.59 Å². The van der Waals surface area contributed by atoms with E-state index in [-0.39, 0.29) is 12.6 Å². The van der Waals surface area contributed by atoms with E-state index in [0.29, 0.717) is 36.6 Å². The van der Waals surface area contributed by atoms with E-state index in [1.54, 1.807) is 18.2 Å². The maximum Gasteiger partial charge on any atom is 0.372 e. The van der Waals surface area contributed by atoms with Gasteiger partial charge in [0, 0.05) is 10.9 Å². The lowest BCUT2D eigenvalue weighted by Crippen LogP contribution is -2.14. The third-order valence-corrected chi connectivity index (χ3v) is 5.77. The number of benzene rings is 1. The van der Waals surface area contributed by atoms with E-state index in [1.165, 1.54) is 25.7 Å². The number of nitrogens with zero attached hydrogens (tertiary/aromatic N) is 1. The van der Waals surface area contributed by atoms with Gasteiger partial charge in [0.15, 0.2) is 6.61 Å². The van der Waals surface area contributed by atoms with Crippen LogP contribution in [0.25, 0.3) is 0 Å². The van der Waals surface area contributed by atoms with E-state index >= 15 is 0 Å². The lowest BCUT2D eigenvalue weighted by Gasteiger charge is -2.09. The fourth-order valence-corrected chi connectivity index (χ4v) is 4.01. The lowest BCUT2D eigenvalue weighted by molar-refractivity contribution is -0.146. The first-order chi connectivity index (χ1) is 15.0. The van der Waals surface area contributed by atoms with E-state index in [0.717, 1.165) is 42.3 Å². The van der Waals surface area contributed by atoms with Crippen LogP contribution in [0.15, 0.2) is 27.8 Å². The number of hydrogen-bond acceptors (Lipinski definition) is 6. The summed E-state index contributed by atoms with van der Waals surface area (Å²) in [5.41, 5.74) is 0.804. The number of carbonyl (C=O) groups is 2. The second-order valence-corrected chi connectivity index (χ2v) is 8.96. The number of halogens is 2. The number of esters is 1. The molecule has 2 rings (SSSR count). The summed E-state index contributed by atoms with van der Waals surface area (Å²) >= 11 is 9.40. The minimum atomic E-state index is -0.593. The van der Waals surface area contributed by atoms with E-state index in [2.05, 4.69) is 21.1 Å². The summed E-state index contributed by atoms with van der Waals surface area (Å²) in [6.07, 6.45) is 11.4. The Morgan fingerprint density at radius 3 is 2.35 bits per heavy atom. The quantitative estimate of drug-likeness (QED) is 0.255. The summed E-state index contributed by atoms with van der Waals surface area (Å²) in [4.78, 5) is 28.8. The largest absolute Gasteiger partial charge is 0.480 e. The molecule has 1 fully saturated rings. The summed E-state index contributed by atoms with van der Waals surface area (Å²) in [7, 11) is 0. The Morgan fingerprint density at radius 2 is 1.65 bits per heavy atom. The Balaban J connectivity index is 1.82. The van der Waals surface area contributed by atoms with Crippen LogP contribution < -0.4 is 4.74 Å². The van der Waals surface area contributed by atoms with Crippen LogP contribution in [0.5, 0.6) is 5.75 Å². The average Bonchev–Trinajstić information content (AvgIpc) is 2.74. The maximum atomic E-state index is 12.0. The molecule has 0 unspecified atom stereocenters. The maximum absolute atomic E-state index is 12.0. The van der Waals surface area contributed by atoms with Crippen molar-refractivity contribution in [2.45, 2.75) is 77.0 Å². The van der Waals surface area contributed by atoms with Crippen LogP contribution in [0, 0.1) is 0 Å². The first-order valence-corrected chi connectivity index (χ1v) is 12.2. The summed E-state index contributed by atoms with van der Waals surface area (Å²) in [5.74, 6) is -0.327. The molecular formula is C23H31BrClNO5. The summed E-state index contributed by atoms with van der Waals surface area (Å²) < 4.78 is 11.5.